The van der Waals surface area contributed by atoms with Gasteiger partial charge in [0.15, 0.2) is 6.61 Å². The van der Waals surface area contributed by atoms with E-state index >= 15 is 0 Å². The van der Waals surface area contributed by atoms with E-state index in [2.05, 4.69) is 38.3 Å². The lowest BCUT2D eigenvalue weighted by molar-refractivity contribution is -0.133. The Balaban J connectivity index is 1.47. The zero-order valence-corrected chi connectivity index (χ0v) is 17.5. The van der Waals surface area contributed by atoms with E-state index in [-0.39, 0.29) is 36.4 Å². The maximum Gasteiger partial charge on any atom is 0.258 e. The molecule has 1 aromatic carbocycles. The van der Waals surface area contributed by atoms with Gasteiger partial charge in [-0.1, -0.05) is 39.8 Å². The van der Waals surface area contributed by atoms with Gasteiger partial charge in [0, 0.05) is 18.0 Å². The van der Waals surface area contributed by atoms with Crippen molar-refractivity contribution in [3.8, 4) is 5.75 Å². The Hall–Kier alpha value is -2.04. The van der Waals surface area contributed by atoms with Crippen molar-refractivity contribution in [2.24, 2.45) is 17.8 Å². The minimum atomic E-state index is -0.0991. The highest BCUT2D eigenvalue weighted by atomic mass is 16.5. The molecule has 5 heteroatoms. The number of amides is 2. The molecule has 1 heterocycles. The van der Waals surface area contributed by atoms with Crippen LogP contribution in [0, 0.1) is 17.8 Å². The van der Waals surface area contributed by atoms with Crippen LogP contribution in [0.1, 0.15) is 64.9 Å². The third-order valence-corrected chi connectivity index (χ3v) is 6.60. The molecule has 1 aromatic rings. The van der Waals surface area contributed by atoms with Gasteiger partial charge in [-0.3, -0.25) is 9.59 Å². The predicted octanol–water partition coefficient (Wildman–Crippen LogP) is 3.63. The molecular weight excluding hydrogens is 352 g/mol. The molecule has 2 aliphatic rings. The third-order valence-electron chi connectivity index (χ3n) is 6.60. The largest absolute Gasteiger partial charge is 0.484 e. The number of rotatable bonds is 6. The van der Waals surface area contributed by atoms with Crippen molar-refractivity contribution in [3.05, 3.63) is 29.8 Å². The molecule has 2 N–H and O–H groups in total. The molecule has 1 aliphatic heterocycles. The Labute approximate surface area is 168 Å². The molecule has 0 radical (unpaired) electrons. The standard InChI is InChI=1S/C23H34N2O3/c1-5-19-15(4)20-11-8-17(12-21(20)25-23(19)27)24-22(26)13-28-18-9-6-16(7-10-18)14(2)3/h6-7,9-10,14-15,17,19-21H,5,8,11-13H2,1-4H3,(H,24,26)(H,25,27). The Morgan fingerprint density at radius 1 is 1.25 bits per heavy atom. The van der Waals surface area contributed by atoms with Crippen molar-refractivity contribution in [2.75, 3.05) is 6.61 Å². The van der Waals surface area contributed by atoms with Crippen molar-refractivity contribution >= 4 is 11.8 Å². The average molecular weight is 387 g/mol. The third kappa shape index (κ3) is 4.68. The van der Waals surface area contributed by atoms with Crippen LogP contribution >= 0.6 is 0 Å². The summed E-state index contributed by atoms with van der Waals surface area (Å²) >= 11 is 0. The summed E-state index contributed by atoms with van der Waals surface area (Å²) in [4.78, 5) is 24.6. The molecule has 0 spiro atoms. The number of fused-ring (bicyclic) bond motifs is 1. The molecule has 1 aliphatic carbocycles. The van der Waals surface area contributed by atoms with Gasteiger partial charge in [-0.2, -0.15) is 0 Å². The van der Waals surface area contributed by atoms with Gasteiger partial charge in [0.25, 0.3) is 5.91 Å². The number of hydrogen-bond acceptors (Lipinski definition) is 3. The SMILES string of the molecule is CCC1C(=O)NC2CC(NC(=O)COc3ccc(C(C)C)cc3)CCC2C1C. The zero-order chi connectivity index (χ0) is 20.3. The highest BCUT2D eigenvalue weighted by Gasteiger charge is 2.43. The molecule has 3 rings (SSSR count). The quantitative estimate of drug-likeness (QED) is 0.784. The van der Waals surface area contributed by atoms with Gasteiger partial charge in [-0.05, 0) is 61.1 Å². The van der Waals surface area contributed by atoms with Crippen LogP contribution in [-0.2, 0) is 9.59 Å². The second-order valence-electron chi connectivity index (χ2n) is 8.74. The zero-order valence-electron chi connectivity index (χ0n) is 17.5. The van der Waals surface area contributed by atoms with Gasteiger partial charge in [0.1, 0.15) is 5.75 Å². The Morgan fingerprint density at radius 3 is 2.61 bits per heavy atom. The highest BCUT2D eigenvalue weighted by molar-refractivity contribution is 5.80. The van der Waals surface area contributed by atoms with Crippen LogP contribution in [0.15, 0.2) is 24.3 Å². The second-order valence-corrected chi connectivity index (χ2v) is 8.74. The smallest absolute Gasteiger partial charge is 0.258 e. The molecule has 0 bridgehead atoms. The fraction of sp³-hybridized carbons (Fsp3) is 0.652. The van der Waals surface area contributed by atoms with Crippen LogP contribution in [0.3, 0.4) is 0 Å². The summed E-state index contributed by atoms with van der Waals surface area (Å²) in [7, 11) is 0. The van der Waals surface area contributed by atoms with Gasteiger partial charge in [0.05, 0.1) is 0 Å². The van der Waals surface area contributed by atoms with Gasteiger partial charge < -0.3 is 15.4 Å². The van der Waals surface area contributed by atoms with E-state index in [9.17, 15) is 9.59 Å². The molecular formula is C23H34N2O3. The molecule has 5 unspecified atom stereocenters. The molecule has 0 aromatic heterocycles. The summed E-state index contributed by atoms with van der Waals surface area (Å²) in [5.74, 6) is 2.33. The van der Waals surface area contributed by atoms with E-state index in [0.29, 0.717) is 23.5 Å². The summed E-state index contributed by atoms with van der Waals surface area (Å²) in [5.41, 5.74) is 1.25. The Morgan fingerprint density at radius 2 is 1.96 bits per heavy atom. The lowest BCUT2D eigenvalue weighted by Crippen LogP contribution is -2.58. The number of carbonyl (C=O) groups is 2. The van der Waals surface area contributed by atoms with Crippen molar-refractivity contribution in [3.63, 3.8) is 0 Å². The maximum absolute atomic E-state index is 12.3. The first-order chi connectivity index (χ1) is 13.4. The number of benzene rings is 1. The molecule has 5 nitrogen and oxygen atoms in total. The molecule has 2 fully saturated rings. The van der Waals surface area contributed by atoms with E-state index in [0.717, 1.165) is 25.7 Å². The Bertz CT molecular complexity index is 686. The monoisotopic (exact) mass is 386 g/mol. The van der Waals surface area contributed by atoms with Crippen LogP contribution in [0.2, 0.25) is 0 Å². The Kier molecular flexibility index (Phi) is 6.63. The molecule has 28 heavy (non-hydrogen) atoms. The molecule has 1 saturated heterocycles. The number of nitrogens with one attached hydrogen (secondary N) is 2. The van der Waals surface area contributed by atoms with Crippen LogP contribution in [-0.4, -0.2) is 30.5 Å². The van der Waals surface area contributed by atoms with Crippen molar-refractivity contribution in [1.82, 2.24) is 10.6 Å². The van der Waals surface area contributed by atoms with E-state index in [1.54, 1.807) is 0 Å². The van der Waals surface area contributed by atoms with E-state index in [1.807, 2.05) is 24.3 Å². The first-order valence-electron chi connectivity index (χ1n) is 10.7. The first kappa shape index (κ1) is 20.7. The van der Waals surface area contributed by atoms with Crippen LogP contribution in [0.4, 0.5) is 0 Å². The molecule has 5 atom stereocenters. The second kappa shape index (κ2) is 8.97. The normalized spacial score (nSPS) is 29.8. The molecule has 1 saturated carbocycles. The van der Waals surface area contributed by atoms with E-state index < -0.39 is 0 Å². The van der Waals surface area contributed by atoms with E-state index in [4.69, 9.17) is 4.74 Å². The van der Waals surface area contributed by atoms with Crippen molar-refractivity contribution < 1.29 is 14.3 Å². The summed E-state index contributed by atoms with van der Waals surface area (Å²) < 4.78 is 5.63. The fourth-order valence-electron chi connectivity index (χ4n) is 4.87. The van der Waals surface area contributed by atoms with Crippen molar-refractivity contribution in [2.45, 2.75) is 71.4 Å². The van der Waals surface area contributed by atoms with Gasteiger partial charge in [0.2, 0.25) is 5.91 Å². The minimum Gasteiger partial charge on any atom is -0.484 e. The number of carbonyl (C=O) groups excluding carboxylic acids is 2. The molecule has 2 amide bonds. The van der Waals surface area contributed by atoms with Crippen LogP contribution in [0.5, 0.6) is 5.75 Å². The number of hydrogen-bond donors (Lipinski definition) is 2. The van der Waals surface area contributed by atoms with Gasteiger partial charge >= 0.3 is 0 Å². The van der Waals surface area contributed by atoms with Crippen molar-refractivity contribution in [1.29, 1.82) is 0 Å². The molecule has 154 valence electrons. The fourth-order valence-corrected chi connectivity index (χ4v) is 4.87. The lowest BCUT2D eigenvalue weighted by atomic mass is 9.67. The predicted molar refractivity (Wildman–Crippen MR) is 110 cm³/mol. The topological polar surface area (TPSA) is 67.4 Å². The van der Waals surface area contributed by atoms with E-state index in [1.165, 1.54) is 5.56 Å². The number of piperidine rings is 1. The summed E-state index contributed by atoms with van der Waals surface area (Å²) in [6.45, 7) is 8.61. The minimum absolute atomic E-state index is 0.0201. The van der Waals surface area contributed by atoms with Gasteiger partial charge in [-0.15, -0.1) is 0 Å². The highest BCUT2D eigenvalue weighted by Crippen LogP contribution is 2.38. The summed E-state index contributed by atoms with van der Waals surface area (Å²) in [6, 6.07) is 8.18. The number of ether oxygens (including phenoxy) is 1. The van der Waals surface area contributed by atoms with Crippen LogP contribution in [0.25, 0.3) is 0 Å². The van der Waals surface area contributed by atoms with Gasteiger partial charge in [-0.25, -0.2) is 0 Å². The lowest BCUT2D eigenvalue weighted by Gasteiger charge is -2.46. The summed E-state index contributed by atoms with van der Waals surface area (Å²) in [6.07, 6.45) is 3.72. The van der Waals surface area contributed by atoms with Crippen LogP contribution < -0.4 is 15.4 Å². The first-order valence-corrected chi connectivity index (χ1v) is 10.7. The summed E-state index contributed by atoms with van der Waals surface area (Å²) in [5, 5.41) is 6.30. The maximum atomic E-state index is 12.3. The average Bonchev–Trinajstić information content (AvgIpc) is 2.67.